The number of hydrogen-bond donors (Lipinski definition) is 0. The van der Waals surface area contributed by atoms with Crippen molar-refractivity contribution in [2.24, 2.45) is 0 Å². The van der Waals surface area contributed by atoms with Gasteiger partial charge in [-0.2, -0.15) is 0 Å². The van der Waals surface area contributed by atoms with Gasteiger partial charge in [0.1, 0.15) is 0 Å². The lowest BCUT2D eigenvalue weighted by Gasteiger charge is -1.97. The molecule has 0 unspecified atom stereocenters. The van der Waals surface area contributed by atoms with E-state index in [4.69, 9.17) is 12.2 Å². The molecular formula is C8H5BrS2. The minimum absolute atomic E-state index is 0.941. The van der Waals surface area contributed by atoms with Crippen LogP contribution in [0.2, 0.25) is 0 Å². The smallest absolute Gasteiger partial charge is 0.0571 e. The lowest BCUT2D eigenvalue weighted by atomic mass is 10.2. The van der Waals surface area contributed by atoms with Crippen LogP contribution in [0.15, 0.2) is 27.6 Å². The van der Waals surface area contributed by atoms with Gasteiger partial charge in [-0.3, -0.25) is 0 Å². The summed E-state index contributed by atoms with van der Waals surface area (Å²) >= 11 is 10.3. The van der Waals surface area contributed by atoms with Crippen molar-refractivity contribution in [3.05, 3.63) is 28.2 Å². The van der Waals surface area contributed by atoms with Crippen molar-refractivity contribution in [2.45, 2.75) is 11.3 Å². The van der Waals surface area contributed by atoms with Gasteiger partial charge in [-0.25, -0.2) is 0 Å². The molecule has 1 aliphatic heterocycles. The van der Waals surface area contributed by atoms with Crippen molar-refractivity contribution < 1.29 is 0 Å². The largest absolute Gasteiger partial charge is 0.0821 e. The fourth-order valence-corrected chi connectivity index (χ4v) is 3.07. The van der Waals surface area contributed by atoms with Gasteiger partial charge in [-0.15, -0.1) is 0 Å². The topological polar surface area (TPSA) is 0 Å². The van der Waals surface area contributed by atoms with Crippen molar-refractivity contribution in [1.82, 2.24) is 0 Å². The van der Waals surface area contributed by atoms with Gasteiger partial charge < -0.3 is 0 Å². The quantitative estimate of drug-likeness (QED) is 0.642. The van der Waals surface area contributed by atoms with Crippen molar-refractivity contribution in [2.75, 3.05) is 0 Å². The molecule has 1 aromatic rings. The summed E-state index contributed by atoms with van der Waals surface area (Å²) in [6, 6.07) is 6.22. The highest BCUT2D eigenvalue weighted by atomic mass is 79.9. The normalized spacial score (nSPS) is 15.2. The predicted octanol–water partition coefficient (Wildman–Crippen LogP) is 3.42. The number of halogens is 1. The Morgan fingerprint density at radius 3 is 3.00 bits per heavy atom. The first kappa shape index (κ1) is 7.77. The fourth-order valence-electron chi connectivity index (χ4n) is 1.11. The van der Waals surface area contributed by atoms with Gasteiger partial charge in [0, 0.05) is 15.8 Å². The number of thioether (sulfide) groups is 1. The van der Waals surface area contributed by atoms with Crippen molar-refractivity contribution in [1.29, 1.82) is 0 Å². The third-order valence-corrected chi connectivity index (χ3v) is 3.73. The van der Waals surface area contributed by atoms with Crippen molar-refractivity contribution in [3.63, 3.8) is 0 Å². The Morgan fingerprint density at radius 1 is 1.45 bits per heavy atom. The maximum absolute atomic E-state index is 5.13. The number of thiocarbonyl (C=S) groups is 1. The molecule has 0 atom stereocenters. The Balaban J connectivity index is 2.57. The number of fused-ring (bicyclic) bond motifs is 1. The molecule has 1 heterocycles. The molecule has 0 fully saturated rings. The van der Waals surface area contributed by atoms with E-state index in [0.717, 1.165) is 10.6 Å². The van der Waals surface area contributed by atoms with Crippen LogP contribution in [0, 0.1) is 0 Å². The molecule has 0 nitrogen and oxygen atoms in total. The first-order valence-electron chi connectivity index (χ1n) is 3.25. The highest BCUT2D eigenvalue weighted by Crippen LogP contribution is 2.37. The number of rotatable bonds is 0. The maximum atomic E-state index is 5.13. The molecule has 0 amide bonds. The Labute approximate surface area is 83.5 Å². The SMILES string of the molecule is S=C1Cc2c(Br)cccc2S1. The van der Waals surface area contributed by atoms with Crippen LogP contribution in [0.3, 0.4) is 0 Å². The van der Waals surface area contributed by atoms with E-state index in [1.165, 1.54) is 14.9 Å². The molecule has 11 heavy (non-hydrogen) atoms. The average molecular weight is 245 g/mol. The van der Waals surface area contributed by atoms with E-state index >= 15 is 0 Å². The monoisotopic (exact) mass is 244 g/mol. The van der Waals surface area contributed by atoms with Gasteiger partial charge in [0.05, 0.1) is 4.20 Å². The molecule has 0 aromatic heterocycles. The second-order valence-electron chi connectivity index (χ2n) is 2.37. The summed E-state index contributed by atoms with van der Waals surface area (Å²) in [6.07, 6.45) is 0.941. The molecule has 0 spiro atoms. The van der Waals surface area contributed by atoms with Crippen LogP contribution in [-0.4, -0.2) is 4.20 Å². The van der Waals surface area contributed by atoms with Crippen LogP contribution in [-0.2, 0) is 6.42 Å². The highest BCUT2D eigenvalue weighted by molar-refractivity contribution is 9.10. The Bertz CT molecular complexity index is 320. The summed E-state index contributed by atoms with van der Waals surface area (Å²) in [4.78, 5) is 1.31. The fraction of sp³-hybridized carbons (Fsp3) is 0.125. The summed E-state index contributed by atoms with van der Waals surface area (Å²) in [6.45, 7) is 0. The van der Waals surface area contributed by atoms with Crippen LogP contribution in [0.1, 0.15) is 5.56 Å². The van der Waals surface area contributed by atoms with E-state index in [9.17, 15) is 0 Å². The van der Waals surface area contributed by atoms with E-state index in [1.807, 2.05) is 6.07 Å². The standard InChI is InChI=1S/C8H5BrS2/c9-6-2-1-3-7-5(6)4-8(10)11-7/h1-3H,4H2. The first-order chi connectivity index (χ1) is 5.27. The molecule has 0 saturated carbocycles. The van der Waals surface area contributed by atoms with Gasteiger partial charge in [0.25, 0.3) is 0 Å². The molecule has 0 bridgehead atoms. The van der Waals surface area contributed by atoms with Gasteiger partial charge >= 0.3 is 0 Å². The second-order valence-corrected chi connectivity index (χ2v) is 5.11. The molecule has 0 saturated heterocycles. The Kier molecular flexibility index (Phi) is 2.04. The lowest BCUT2D eigenvalue weighted by Crippen LogP contribution is -1.84. The zero-order valence-electron chi connectivity index (χ0n) is 5.63. The zero-order valence-corrected chi connectivity index (χ0v) is 8.85. The molecule has 0 radical (unpaired) electrons. The molecule has 1 aromatic carbocycles. The van der Waals surface area contributed by atoms with E-state index in [1.54, 1.807) is 11.8 Å². The van der Waals surface area contributed by atoms with Crippen LogP contribution < -0.4 is 0 Å². The second kappa shape index (κ2) is 2.88. The molecule has 0 N–H and O–H groups in total. The number of hydrogen-bond acceptors (Lipinski definition) is 2. The van der Waals surface area contributed by atoms with Crippen molar-refractivity contribution >= 4 is 44.1 Å². The van der Waals surface area contributed by atoms with E-state index < -0.39 is 0 Å². The Morgan fingerprint density at radius 2 is 2.27 bits per heavy atom. The minimum Gasteiger partial charge on any atom is -0.0821 e. The molecule has 3 heteroatoms. The van der Waals surface area contributed by atoms with Gasteiger partial charge in [0.2, 0.25) is 0 Å². The Hall–Kier alpha value is 0.140. The van der Waals surface area contributed by atoms with E-state index in [2.05, 4.69) is 28.1 Å². The molecule has 56 valence electrons. The summed E-state index contributed by atoms with van der Waals surface area (Å²) in [5.41, 5.74) is 1.35. The van der Waals surface area contributed by atoms with Crippen LogP contribution in [0.5, 0.6) is 0 Å². The maximum Gasteiger partial charge on any atom is 0.0571 e. The molecular weight excluding hydrogens is 240 g/mol. The minimum atomic E-state index is 0.941. The zero-order chi connectivity index (χ0) is 7.84. The predicted molar refractivity (Wildman–Crippen MR) is 56.3 cm³/mol. The lowest BCUT2D eigenvalue weighted by molar-refractivity contribution is 1.25. The van der Waals surface area contributed by atoms with E-state index in [0.29, 0.717) is 0 Å². The highest BCUT2D eigenvalue weighted by Gasteiger charge is 2.17. The number of benzene rings is 1. The van der Waals surface area contributed by atoms with Crippen LogP contribution in [0.25, 0.3) is 0 Å². The summed E-state index contributed by atoms with van der Waals surface area (Å²) < 4.78 is 2.26. The van der Waals surface area contributed by atoms with Gasteiger partial charge in [0.15, 0.2) is 0 Å². The third kappa shape index (κ3) is 1.37. The first-order valence-corrected chi connectivity index (χ1v) is 5.27. The van der Waals surface area contributed by atoms with Crippen molar-refractivity contribution in [3.8, 4) is 0 Å². The average Bonchev–Trinajstić information content (AvgIpc) is 2.31. The summed E-state index contributed by atoms with van der Waals surface area (Å²) in [5.74, 6) is 0. The van der Waals surface area contributed by atoms with Crippen LogP contribution >= 0.6 is 39.9 Å². The summed E-state index contributed by atoms with van der Waals surface area (Å²) in [7, 11) is 0. The van der Waals surface area contributed by atoms with E-state index in [-0.39, 0.29) is 0 Å². The van der Waals surface area contributed by atoms with Gasteiger partial charge in [-0.05, 0) is 17.7 Å². The molecule has 2 rings (SSSR count). The molecule has 1 aliphatic rings. The third-order valence-electron chi connectivity index (χ3n) is 1.62. The van der Waals surface area contributed by atoms with Gasteiger partial charge in [-0.1, -0.05) is 46.0 Å². The summed E-state index contributed by atoms with van der Waals surface area (Å²) in [5, 5.41) is 0. The van der Waals surface area contributed by atoms with Crippen LogP contribution in [0.4, 0.5) is 0 Å². The molecule has 0 aliphatic carbocycles.